The molecule has 0 unspecified atom stereocenters. The molecule has 0 saturated carbocycles. The summed E-state index contributed by atoms with van der Waals surface area (Å²) < 4.78 is 35.4. The smallest absolute Gasteiger partial charge is 0.339 e. The molecule has 0 radical (unpaired) electrons. The largest absolute Gasteiger partial charge is 0.458 e. The van der Waals surface area contributed by atoms with Gasteiger partial charge in [0.2, 0.25) is 10.0 Å². The topological polar surface area (TPSA) is 90.0 Å². The number of halogens is 1. The Morgan fingerprint density at radius 3 is 2.15 bits per heavy atom. The van der Waals surface area contributed by atoms with Crippen LogP contribution in [-0.4, -0.2) is 52.0 Å². The molecule has 0 heterocycles. The third kappa shape index (κ3) is 5.29. The first kappa shape index (κ1) is 20.9. The minimum Gasteiger partial charge on any atom is -0.458 e. The second kappa shape index (κ2) is 8.98. The monoisotopic (exact) mass is 411 g/mol. The molecule has 0 spiro atoms. The van der Waals surface area contributed by atoms with E-state index in [-0.39, 0.29) is 28.7 Å². The van der Waals surface area contributed by atoms with Gasteiger partial charge in [0.1, 0.15) is 13.2 Å². The number of sulfonamides is 1. The van der Waals surface area contributed by atoms with E-state index in [0.717, 1.165) is 10.4 Å². The van der Waals surface area contributed by atoms with Crippen LogP contribution in [0.25, 0.3) is 0 Å². The molecule has 144 valence electrons. The van der Waals surface area contributed by atoms with Gasteiger partial charge in [-0.05, 0) is 30.3 Å². The van der Waals surface area contributed by atoms with Gasteiger partial charge >= 0.3 is 11.9 Å². The van der Waals surface area contributed by atoms with E-state index < -0.39 is 22.0 Å². The number of ether oxygens (including phenoxy) is 2. The molecule has 0 aliphatic heterocycles. The maximum absolute atomic E-state index is 12.2. The molecule has 0 amide bonds. The van der Waals surface area contributed by atoms with Crippen LogP contribution in [0, 0.1) is 0 Å². The third-order valence-corrected chi connectivity index (χ3v) is 5.64. The van der Waals surface area contributed by atoms with Gasteiger partial charge in [0.15, 0.2) is 0 Å². The van der Waals surface area contributed by atoms with Crippen LogP contribution in [-0.2, 0) is 19.5 Å². The number of hydrogen-bond donors (Lipinski definition) is 0. The highest BCUT2D eigenvalue weighted by Gasteiger charge is 2.21. The minimum atomic E-state index is -3.72. The lowest BCUT2D eigenvalue weighted by atomic mass is 10.2. The molecule has 0 bridgehead atoms. The summed E-state index contributed by atoms with van der Waals surface area (Å²) in [6.45, 7) is -0.342. The van der Waals surface area contributed by atoms with E-state index in [4.69, 9.17) is 21.1 Å². The van der Waals surface area contributed by atoms with Crippen molar-refractivity contribution in [2.75, 3.05) is 27.3 Å². The Balaban J connectivity index is 1.97. The van der Waals surface area contributed by atoms with Gasteiger partial charge in [-0.2, -0.15) is 0 Å². The molecule has 2 rings (SSSR count). The quantitative estimate of drug-likeness (QED) is 0.514. The summed E-state index contributed by atoms with van der Waals surface area (Å²) in [5.41, 5.74) is 0.294. The van der Waals surface area contributed by atoms with Crippen LogP contribution in [0.4, 0.5) is 0 Å². The SMILES string of the molecule is CN(C)S(=O)(=O)c1ccc(Cl)c(C(=O)OCCOC(=O)c2ccccc2)c1. The van der Waals surface area contributed by atoms with Crippen molar-refractivity contribution in [2.24, 2.45) is 0 Å². The van der Waals surface area contributed by atoms with Crippen LogP contribution < -0.4 is 0 Å². The van der Waals surface area contributed by atoms with Crippen LogP contribution in [0.1, 0.15) is 20.7 Å². The first-order chi connectivity index (χ1) is 12.7. The minimum absolute atomic E-state index is 0.0546. The van der Waals surface area contributed by atoms with Crippen molar-refractivity contribution in [2.45, 2.75) is 4.90 Å². The van der Waals surface area contributed by atoms with E-state index in [1.807, 2.05) is 0 Å². The van der Waals surface area contributed by atoms with Crippen molar-refractivity contribution in [1.82, 2.24) is 4.31 Å². The fourth-order valence-electron chi connectivity index (χ4n) is 2.04. The lowest BCUT2D eigenvalue weighted by molar-refractivity contribution is 0.0265. The molecule has 0 atom stereocenters. The molecule has 7 nitrogen and oxygen atoms in total. The zero-order valence-electron chi connectivity index (χ0n) is 14.7. The third-order valence-electron chi connectivity index (χ3n) is 3.50. The predicted molar refractivity (Wildman–Crippen MR) is 99.3 cm³/mol. The summed E-state index contributed by atoms with van der Waals surface area (Å²) >= 11 is 5.97. The molecular formula is C18H18ClNO6S. The average Bonchev–Trinajstić information content (AvgIpc) is 2.65. The summed E-state index contributed by atoms with van der Waals surface area (Å²) in [6, 6.07) is 12.1. The van der Waals surface area contributed by atoms with E-state index in [1.165, 1.54) is 26.2 Å². The van der Waals surface area contributed by atoms with E-state index in [9.17, 15) is 18.0 Å². The number of esters is 2. The van der Waals surface area contributed by atoms with Gasteiger partial charge in [0.05, 0.1) is 21.0 Å². The normalized spacial score (nSPS) is 11.3. The van der Waals surface area contributed by atoms with Gasteiger partial charge in [0, 0.05) is 14.1 Å². The summed E-state index contributed by atoms with van der Waals surface area (Å²) in [7, 11) is -0.963. The van der Waals surface area contributed by atoms with Gasteiger partial charge in [-0.3, -0.25) is 0 Å². The summed E-state index contributed by atoms with van der Waals surface area (Å²) in [4.78, 5) is 23.9. The molecule has 2 aromatic carbocycles. The second-order valence-electron chi connectivity index (χ2n) is 5.57. The van der Waals surface area contributed by atoms with E-state index >= 15 is 0 Å². The Morgan fingerprint density at radius 2 is 1.56 bits per heavy atom. The fraction of sp³-hybridized carbons (Fsp3) is 0.222. The van der Waals surface area contributed by atoms with Crippen molar-refractivity contribution in [1.29, 1.82) is 0 Å². The van der Waals surface area contributed by atoms with Gasteiger partial charge in [-0.25, -0.2) is 22.3 Å². The number of carbonyl (C=O) groups is 2. The van der Waals surface area contributed by atoms with Crippen molar-refractivity contribution >= 4 is 33.6 Å². The summed E-state index contributed by atoms with van der Waals surface area (Å²) in [6.07, 6.45) is 0. The van der Waals surface area contributed by atoms with E-state index in [0.29, 0.717) is 5.56 Å². The van der Waals surface area contributed by atoms with Crippen LogP contribution >= 0.6 is 11.6 Å². The number of benzene rings is 2. The molecule has 2 aromatic rings. The summed E-state index contributed by atoms with van der Waals surface area (Å²) in [5.74, 6) is -1.35. The molecule has 0 aromatic heterocycles. The maximum atomic E-state index is 12.2. The lowest BCUT2D eigenvalue weighted by Crippen LogP contribution is -2.22. The second-order valence-corrected chi connectivity index (χ2v) is 8.13. The van der Waals surface area contributed by atoms with E-state index in [2.05, 4.69) is 0 Å². The van der Waals surface area contributed by atoms with Crippen molar-refractivity contribution in [3.05, 3.63) is 64.7 Å². The number of hydrogen-bond acceptors (Lipinski definition) is 6. The Kier molecular flexibility index (Phi) is 6.95. The van der Waals surface area contributed by atoms with Crippen molar-refractivity contribution in [3.63, 3.8) is 0 Å². The highest BCUT2D eigenvalue weighted by molar-refractivity contribution is 7.89. The first-order valence-electron chi connectivity index (χ1n) is 7.85. The van der Waals surface area contributed by atoms with Gasteiger partial charge in [0.25, 0.3) is 0 Å². The molecule has 9 heteroatoms. The molecular weight excluding hydrogens is 394 g/mol. The van der Waals surface area contributed by atoms with Crippen LogP contribution in [0.15, 0.2) is 53.4 Å². The first-order valence-corrected chi connectivity index (χ1v) is 9.66. The highest BCUT2D eigenvalue weighted by atomic mass is 35.5. The number of carbonyl (C=O) groups excluding carboxylic acids is 2. The molecule has 0 aliphatic carbocycles. The highest BCUT2D eigenvalue weighted by Crippen LogP contribution is 2.22. The Bertz CT molecular complexity index is 928. The molecule has 0 aliphatic rings. The van der Waals surface area contributed by atoms with Crippen molar-refractivity contribution < 1.29 is 27.5 Å². The molecule has 0 N–H and O–H groups in total. The Hall–Kier alpha value is -2.42. The fourth-order valence-corrected chi connectivity index (χ4v) is 3.16. The van der Waals surface area contributed by atoms with Crippen LogP contribution in [0.5, 0.6) is 0 Å². The van der Waals surface area contributed by atoms with Gasteiger partial charge < -0.3 is 9.47 Å². The van der Waals surface area contributed by atoms with E-state index in [1.54, 1.807) is 30.3 Å². The average molecular weight is 412 g/mol. The molecule has 0 fully saturated rings. The van der Waals surface area contributed by atoms with Crippen molar-refractivity contribution in [3.8, 4) is 0 Å². The summed E-state index contributed by atoms with van der Waals surface area (Å²) in [5, 5.41) is 0.0546. The van der Waals surface area contributed by atoms with Crippen LogP contribution in [0.2, 0.25) is 5.02 Å². The zero-order chi connectivity index (χ0) is 20.0. The van der Waals surface area contributed by atoms with Crippen LogP contribution in [0.3, 0.4) is 0 Å². The molecule has 27 heavy (non-hydrogen) atoms. The molecule has 0 saturated heterocycles. The Labute approximate surface area is 162 Å². The zero-order valence-corrected chi connectivity index (χ0v) is 16.3. The maximum Gasteiger partial charge on any atom is 0.339 e. The van der Waals surface area contributed by atoms with Gasteiger partial charge in [-0.1, -0.05) is 29.8 Å². The van der Waals surface area contributed by atoms with Gasteiger partial charge in [-0.15, -0.1) is 0 Å². The standard InChI is InChI=1S/C18H18ClNO6S/c1-20(2)27(23,24)14-8-9-16(19)15(12-14)18(22)26-11-10-25-17(21)13-6-4-3-5-7-13/h3-9,12H,10-11H2,1-2H3. The lowest BCUT2D eigenvalue weighted by Gasteiger charge is -2.13. The number of nitrogens with zero attached hydrogens (tertiary/aromatic N) is 1. The Morgan fingerprint density at radius 1 is 0.963 bits per heavy atom. The number of rotatable bonds is 7. The predicted octanol–water partition coefficient (Wildman–Crippen LogP) is 2.60.